The highest BCUT2D eigenvalue weighted by molar-refractivity contribution is 5.82. The fourth-order valence-corrected chi connectivity index (χ4v) is 2.44. The molecule has 2 nitrogen and oxygen atoms in total. The maximum absolute atomic E-state index is 12.0. The van der Waals surface area contributed by atoms with Crippen LogP contribution in [0.4, 0.5) is 0 Å². The number of amides is 1. The summed E-state index contributed by atoms with van der Waals surface area (Å²) in [4.78, 5) is 12.0. The summed E-state index contributed by atoms with van der Waals surface area (Å²) in [6.07, 6.45) is 1.94. The molecule has 0 aliphatic rings. The van der Waals surface area contributed by atoms with Gasteiger partial charge in [0.15, 0.2) is 0 Å². The highest BCUT2D eigenvalue weighted by atomic mass is 16.2. The lowest BCUT2D eigenvalue weighted by atomic mass is 9.75. The van der Waals surface area contributed by atoms with Crippen molar-refractivity contribution in [3.8, 4) is 0 Å². The van der Waals surface area contributed by atoms with Crippen molar-refractivity contribution in [2.24, 2.45) is 17.3 Å². The van der Waals surface area contributed by atoms with Crippen molar-refractivity contribution in [3.05, 3.63) is 0 Å². The van der Waals surface area contributed by atoms with Crippen LogP contribution in [0.5, 0.6) is 0 Å². The van der Waals surface area contributed by atoms with E-state index in [4.69, 9.17) is 0 Å². The van der Waals surface area contributed by atoms with Crippen LogP contribution in [0.3, 0.4) is 0 Å². The van der Waals surface area contributed by atoms with E-state index in [1.54, 1.807) is 0 Å². The van der Waals surface area contributed by atoms with Gasteiger partial charge in [-0.25, -0.2) is 0 Å². The summed E-state index contributed by atoms with van der Waals surface area (Å²) in [5.41, 5.74) is -0.196. The molecule has 0 saturated heterocycles. The zero-order valence-corrected chi connectivity index (χ0v) is 11.2. The molecule has 0 aliphatic heterocycles. The Kier molecular flexibility index (Phi) is 5.92. The van der Waals surface area contributed by atoms with E-state index < -0.39 is 0 Å². The van der Waals surface area contributed by atoms with Gasteiger partial charge in [0.2, 0.25) is 5.91 Å². The van der Waals surface area contributed by atoms with Crippen LogP contribution in [-0.4, -0.2) is 12.5 Å². The van der Waals surface area contributed by atoms with Gasteiger partial charge in [0.1, 0.15) is 0 Å². The summed E-state index contributed by atoms with van der Waals surface area (Å²) >= 11 is 0. The molecule has 0 saturated carbocycles. The number of rotatable bonds is 6. The van der Waals surface area contributed by atoms with Gasteiger partial charge >= 0.3 is 0 Å². The number of nitrogens with one attached hydrogen (secondary N) is 1. The Hall–Kier alpha value is -0.530. The molecule has 0 aromatic carbocycles. The highest BCUT2D eigenvalue weighted by Crippen LogP contribution is 2.33. The van der Waals surface area contributed by atoms with Crippen molar-refractivity contribution in [1.82, 2.24) is 5.32 Å². The van der Waals surface area contributed by atoms with Crippen LogP contribution < -0.4 is 5.32 Å². The van der Waals surface area contributed by atoms with Crippen molar-refractivity contribution in [2.75, 3.05) is 6.54 Å². The molecule has 0 unspecified atom stereocenters. The van der Waals surface area contributed by atoms with Crippen LogP contribution in [0.15, 0.2) is 0 Å². The predicted molar refractivity (Wildman–Crippen MR) is 65.7 cm³/mol. The van der Waals surface area contributed by atoms with Gasteiger partial charge in [-0.3, -0.25) is 4.79 Å². The van der Waals surface area contributed by atoms with Crippen LogP contribution in [0.1, 0.15) is 54.4 Å². The Morgan fingerprint density at radius 2 is 1.53 bits per heavy atom. The van der Waals surface area contributed by atoms with Gasteiger partial charge in [-0.05, 0) is 31.6 Å². The minimum absolute atomic E-state index is 0.196. The lowest BCUT2D eigenvalue weighted by Crippen LogP contribution is -2.40. The quantitative estimate of drug-likeness (QED) is 0.721. The van der Waals surface area contributed by atoms with E-state index in [1.165, 1.54) is 0 Å². The number of carbonyl (C=O) groups excluding carboxylic acids is 1. The predicted octanol–water partition coefficient (Wildman–Crippen LogP) is 3.22. The first-order chi connectivity index (χ1) is 6.81. The molecule has 0 rings (SSSR count). The molecule has 0 bridgehead atoms. The number of hydrogen-bond acceptors (Lipinski definition) is 1. The third-order valence-corrected chi connectivity index (χ3v) is 2.60. The van der Waals surface area contributed by atoms with Gasteiger partial charge in [0.25, 0.3) is 0 Å². The van der Waals surface area contributed by atoms with E-state index in [2.05, 4.69) is 39.9 Å². The summed E-state index contributed by atoms with van der Waals surface area (Å²) in [7, 11) is 0. The molecule has 1 amide bonds. The standard InChI is InChI=1S/C13H27NO/c1-7-14-12(15)13(6,8-10(2)3)9-11(4)5/h10-11H,7-9H2,1-6H3,(H,14,15). The van der Waals surface area contributed by atoms with Gasteiger partial charge in [0, 0.05) is 12.0 Å². The van der Waals surface area contributed by atoms with Gasteiger partial charge in [0.05, 0.1) is 0 Å². The van der Waals surface area contributed by atoms with Crippen molar-refractivity contribution in [2.45, 2.75) is 54.4 Å². The molecule has 90 valence electrons. The number of hydrogen-bond donors (Lipinski definition) is 1. The third kappa shape index (κ3) is 5.19. The molecule has 0 fully saturated rings. The fourth-order valence-electron chi connectivity index (χ4n) is 2.44. The maximum Gasteiger partial charge on any atom is 0.225 e. The topological polar surface area (TPSA) is 29.1 Å². The maximum atomic E-state index is 12.0. The third-order valence-electron chi connectivity index (χ3n) is 2.60. The molecule has 0 aromatic rings. The molecule has 0 atom stereocenters. The van der Waals surface area contributed by atoms with E-state index in [9.17, 15) is 4.79 Å². The first-order valence-corrected chi connectivity index (χ1v) is 6.10. The van der Waals surface area contributed by atoms with E-state index in [0.717, 1.165) is 19.4 Å². The summed E-state index contributed by atoms with van der Waals surface area (Å²) in [6.45, 7) is 13.5. The number of carbonyl (C=O) groups is 1. The van der Waals surface area contributed by atoms with E-state index >= 15 is 0 Å². The summed E-state index contributed by atoms with van der Waals surface area (Å²) in [5, 5.41) is 2.96. The van der Waals surface area contributed by atoms with Crippen molar-refractivity contribution in [1.29, 1.82) is 0 Å². The molecule has 0 heterocycles. The molecular weight excluding hydrogens is 186 g/mol. The van der Waals surface area contributed by atoms with E-state index in [-0.39, 0.29) is 11.3 Å². The van der Waals surface area contributed by atoms with E-state index in [0.29, 0.717) is 11.8 Å². The average molecular weight is 213 g/mol. The SMILES string of the molecule is CCNC(=O)C(C)(CC(C)C)CC(C)C. The van der Waals surface area contributed by atoms with Crippen LogP contribution in [0.25, 0.3) is 0 Å². The van der Waals surface area contributed by atoms with Gasteiger partial charge < -0.3 is 5.32 Å². The largest absolute Gasteiger partial charge is 0.356 e. The highest BCUT2D eigenvalue weighted by Gasteiger charge is 2.33. The van der Waals surface area contributed by atoms with E-state index in [1.807, 2.05) is 6.92 Å². The molecular formula is C13H27NO. The molecule has 0 spiro atoms. The second kappa shape index (κ2) is 6.14. The van der Waals surface area contributed by atoms with Gasteiger partial charge in [-0.15, -0.1) is 0 Å². The second-order valence-corrected chi connectivity index (χ2v) is 5.62. The van der Waals surface area contributed by atoms with Crippen LogP contribution in [0.2, 0.25) is 0 Å². The molecule has 0 radical (unpaired) electrons. The normalized spacial score (nSPS) is 12.3. The first-order valence-electron chi connectivity index (χ1n) is 6.10. The Morgan fingerprint density at radius 1 is 1.13 bits per heavy atom. The fraction of sp³-hybridized carbons (Fsp3) is 0.923. The summed E-state index contributed by atoms with van der Waals surface area (Å²) in [6, 6.07) is 0. The van der Waals surface area contributed by atoms with Gasteiger partial charge in [-0.2, -0.15) is 0 Å². The Bertz CT molecular complexity index is 187. The Labute approximate surface area is 94.8 Å². The molecule has 0 aromatic heterocycles. The minimum Gasteiger partial charge on any atom is -0.356 e. The molecule has 0 aliphatic carbocycles. The van der Waals surface area contributed by atoms with Crippen molar-refractivity contribution < 1.29 is 4.79 Å². The Morgan fingerprint density at radius 3 is 1.80 bits per heavy atom. The lowest BCUT2D eigenvalue weighted by Gasteiger charge is -2.31. The van der Waals surface area contributed by atoms with Gasteiger partial charge in [-0.1, -0.05) is 34.6 Å². The van der Waals surface area contributed by atoms with Crippen molar-refractivity contribution >= 4 is 5.91 Å². The first kappa shape index (κ1) is 14.5. The smallest absolute Gasteiger partial charge is 0.225 e. The second-order valence-electron chi connectivity index (χ2n) is 5.62. The minimum atomic E-state index is -0.196. The molecule has 1 N–H and O–H groups in total. The zero-order valence-electron chi connectivity index (χ0n) is 11.2. The lowest BCUT2D eigenvalue weighted by molar-refractivity contribution is -0.132. The molecule has 15 heavy (non-hydrogen) atoms. The monoisotopic (exact) mass is 213 g/mol. The van der Waals surface area contributed by atoms with Crippen LogP contribution >= 0.6 is 0 Å². The zero-order chi connectivity index (χ0) is 12.1. The summed E-state index contributed by atoms with van der Waals surface area (Å²) < 4.78 is 0. The van der Waals surface area contributed by atoms with Crippen LogP contribution in [-0.2, 0) is 4.79 Å². The van der Waals surface area contributed by atoms with Crippen molar-refractivity contribution in [3.63, 3.8) is 0 Å². The Balaban J connectivity index is 4.60. The molecule has 2 heteroatoms. The van der Waals surface area contributed by atoms with Crippen LogP contribution in [0, 0.1) is 17.3 Å². The summed E-state index contributed by atoms with van der Waals surface area (Å²) in [5.74, 6) is 1.35. The average Bonchev–Trinajstić information content (AvgIpc) is 2.01.